The first-order chi connectivity index (χ1) is 8.75. The Morgan fingerprint density at radius 1 is 1.11 bits per heavy atom. The van der Waals surface area contributed by atoms with Gasteiger partial charge in [-0.25, -0.2) is 4.98 Å². The predicted molar refractivity (Wildman–Crippen MR) is 76.8 cm³/mol. The Morgan fingerprint density at radius 2 is 1.89 bits per heavy atom. The second-order valence-electron chi connectivity index (χ2n) is 4.33. The van der Waals surface area contributed by atoms with E-state index in [2.05, 4.69) is 47.4 Å². The number of hydrogen-bond donors (Lipinski definition) is 1. The molecule has 0 radical (unpaired) electrons. The minimum atomic E-state index is -0.0951. The molecule has 3 rings (SSSR count). The lowest BCUT2D eigenvalue weighted by atomic mass is 9.99. The number of thiazole rings is 1. The van der Waals surface area contributed by atoms with Gasteiger partial charge in [0, 0.05) is 11.1 Å². The Hall–Kier alpha value is -1.71. The standard InChI is InChI=1S/C15H14N2S/c1-10-17-9-14(18-10)15(16)13-8-4-6-11-5-2-3-7-12(11)13/h2-9,15H,16H2,1H3. The molecule has 2 aromatic carbocycles. The average Bonchev–Trinajstić information content (AvgIpc) is 2.84. The Morgan fingerprint density at radius 3 is 2.67 bits per heavy atom. The van der Waals surface area contributed by atoms with E-state index in [1.165, 1.54) is 10.8 Å². The smallest absolute Gasteiger partial charge is 0.0897 e. The van der Waals surface area contributed by atoms with Crippen LogP contribution in [0.5, 0.6) is 0 Å². The van der Waals surface area contributed by atoms with E-state index in [1.54, 1.807) is 11.3 Å². The van der Waals surface area contributed by atoms with Crippen molar-refractivity contribution in [2.24, 2.45) is 5.73 Å². The first-order valence-electron chi connectivity index (χ1n) is 5.91. The summed E-state index contributed by atoms with van der Waals surface area (Å²) in [5, 5.41) is 3.51. The topological polar surface area (TPSA) is 38.9 Å². The van der Waals surface area contributed by atoms with E-state index in [9.17, 15) is 0 Å². The number of fused-ring (bicyclic) bond motifs is 1. The van der Waals surface area contributed by atoms with E-state index in [1.807, 2.05) is 13.1 Å². The minimum absolute atomic E-state index is 0.0951. The van der Waals surface area contributed by atoms with Crippen LogP contribution >= 0.6 is 11.3 Å². The molecule has 0 fully saturated rings. The molecule has 18 heavy (non-hydrogen) atoms. The summed E-state index contributed by atoms with van der Waals surface area (Å²) in [7, 11) is 0. The quantitative estimate of drug-likeness (QED) is 0.758. The van der Waals surface area contributed by atoms with Crippen LogP contribution in [-0.2, 0) is 0 Å². The van der Waals surface area contributed by atoms with Crippen LogP contribution in [0.15, 0.2) is 48.7 Å². The van der Waals surface area contributed by atoms with E-state index in [4.69, 9.17) is 5.73 Å². The molecule has 0 amide bonds. The van der Waals surface area contributed by atoms with Gasteiger partial charge in [0.05, 0.1) is 11.0 Å². The summed E-state index contributed by atoms with van der Waals surface area (Å²) in [6.07, 6.45) is 1.88. The molecule has 0 aliphatic heterocycles. The molecule has 0 bridgehead atoms. The molecule has 3 heteroatoms. The van der Waals surface area contributed by atoms with Crippen LogP contribution in [0.25, 0.3) is 10.8 Å². The lowest BCUT2D eigenvalue weighted by Gasteiger charge is -2.12. The zero-order chi connectivity index (χ0) is 12.5. The highest BCUT2D eigenvalue weighted by Crippen LogP contribution is 2.29. The molecule has 2 N–H and O–H groups in total. The second kappa shape index (κ2) is 4.52. The van der Waals surface area contributed by atoms with Crippen LogP contribution in [0, 0.1) is 6.92 Å². The number of benzene rings is 2. The third kappa shape index (κ3) is 1.92. The van der Waals surface area contributed by atoms with Gasteiger partial charge in [-0.1, -0.05) is 42.5 Å². The highest BCUT2D eigenvalue weighted by molar-refractivity contribution is 7.11. The zero-order valence-corrected chi connectivity index (χ0v) is 10.9. The number of rotatable bonds is 2. The fraction of sp³-hybridized carbons (Fsp3) is 0.133. The molecule has 3 aromatic rings. The van der Waals surface area contributed by atoms with Gasteiger partial charge in [0.2, 0.25) is 0 Å². The van der Waals surface area contributed by atoms with Gasteiger partial charge in [-0.3, -0.25) is 0 Å². The van der Waals surface area contributed by atoms with Gasteiger partial charge in [-0.05, 0) is 23.3 Å². The molecule has 0 aliphatic rings. The van der Waals surface area contributed by atoms with Gasteiger partial charge in [-0.15, -0.1) is 11.3 Å². The maximum Gasteiger partial charge on any atom is 0.0897 e. The van der Waals surface area contributed by atoms with Crippen LogP contribution < -0.4 is 5.73 Å². The molecule has 90 valence electrons. The first-order valence-corrected chi connectivity index (χ1v) is 6.73. The SMILES string of the molecule is Cc1ncc(C(N)c2cccc3ccccc23)s1. The van der Waals surface area contributed by atoms with E-state index >= 15 is 0 Å². The van der Waals surface area contributed by atoms with Gasteiger partial charge >= 0.3 is 0 Å². The second-order valence-corrected chi connectivity index (χ2v) is 5.59. The van der Waals surface area contributed by atoms with Gasteiger partial charge in [-0.2, -0.15) is 0 Å². The third-order valence-electron chi connectivity index (χ3n) is 3.10. The fourth-order valence-electron chi connectivity index (χ4n) is 2.20. The molecular weight excluding hydrogens is 240 g/mol. The average molecular weight is 254 g/mol. The summed E-state index contributed by atoms with van der Waals surface area (Å²) in [4.78, 5) is 5.40. The lowest BCUT2D eigenvalue weighted by molar-refractivity contribution is 0.899. The lowest BCUT2D eigenvalue weighted by Crippen LogP contribution is -2.10. The molecule has 1 atom stereocenters. The largest absolute Gasteiger partial charge is 0.320 e. The normalized spacial score (nSPS) is 12.8. The number of hydrogen-bond acceptors (Lipinski definition) is 3. The van der Waals surface area contributed by atoms with Crippen LogP contribution in [0.1, 0.15) is 21.5 Å². The number of aromatic nitrogens is 1. The van der Waals surface area contributed by atoms with Crippen molar-refractivity contribution in [3.63, 3.8) is 0 Å². The fourth-order valence-corrected chi connectivity index (χ4v) is 3.00. The maximum atomic E-state index is 6.37. The van der Waals surface area contributed by atoms with Crippen LogP contribution in [0.4, 0.5) is 0 Å². The monoisotopic (exact) mass is 254 g/mol. The molecule has 1 unspecified atom stereocenters. The summed E-state index contributed by atoms with van der Waals surface area (Å²) in [6.45, 7) is 2.00. The van der Waals surface area contributed by atoms with Crippen LogP contribution in [0.2, 0.25) is 0 Å². The van der Waals surface area contributed by atoms with Crippen molar-refractivity contribution >= 4 is 22.1 Å². The number of aryl methyl sites for hydroxylation is 1. The Labute approximate surface area is 110 Å². The van der Waals surface area contributed by atoms with Gasteiger partial charge < -0.3 is 5.73 Å². The number of nitrogens with two attached hydrogens (primary N) is 1. The highest BCUT2D eigenvalue weighted by atomic mass is 32.1. The van der Waals surface area contributed by atoms with Gasteiger partial charge in [0.15, 0.2) is 0 Å². The highest BCUT2D eigenvalue weighted by Gasteiger charge is 2.13. The molecule has 0 aliphatic carbocycles. The molecular formula is C15H14N2S. The summed E-state index contributed by atoms with van der Waals surface area (Å²) in [5.41, 5.74) is 7.53. The first kappa shape index (κ1) is 11.4. The maximum absolute atomic E-state index is 6.37. The van der Waals surface area contributed by atoms with Gasteiger partial charge in [0.1, 0.15) is 0 Å². The van der Waals surface area contributed by atoms with Crippen LogP contribution in [0.3, 0.4) is 0 Å². The molecule has 1 aromatic heterocycles. The summed E-state index contributed by atoms with van der Waals surface area (Å²) in [5.74, 6) is 0. The molecule has 0 saturated carbocycles. The third-order valence-corrected chi connectivity index (χ3v) is 4.10. The summed E-state index contributed by atoms with van der Waals surface area (Å²) < 4.78 is 0. The van der Waals surface area contributed by atoms with Crippen molar-refractivity contribution in [1.82, 2.24) is 4.98 Å². The summed E-state index contributed by atoms with van der Waals surface area (Å²) in [6, 6.07) is 14.5. The van der Waals surface area contributed by atoms with E-state index in [0.29, 0.717) is 0 Å². The van der Waals surface area contributed by atoms with Crippen molar-refractivity contribution < 1.29 is 0 Å². The number of nitrogens with zero attached hydrogens (tertiary/aromatic N) is 1. The molecule has 1 heterocycles. The van der Waals surface area contributed by atoms with Crippen molar-refractivity contribution in [3.8, 4) is 0 Å². The van der Waals surface area contributed by atoms with Crippen molar-refractivity contribution in [3.05, 3.63) is 64.1 Å². The van der Waals surface area contributed by atoms with Crippen molar-refractivity contribution in [2.45, 2.75) is 13.0 Å². The zero-order valence-electron chi connectivity index (χ0n) is 10.1. The van der Waals surface area contributed by atoms with E-state index in [-0.39, 0.29) is 6.04 Å². The van der Waals surface area contributed by atoms with E-state index < -0.39 is 0 Å². The summed E-state index contributed by atoms with van der Waals surface area (Å²) >= 11 is 1.66. The van der Waals surface area contributed by atoms with E-state index in [0.717, 1.165) is 15.4 Å². The Bertz CT molecular complexity index is 682. The molecule has 0 saturated heterocycles. The minimum Gasteiger partial charge on any atom is -0.320 e. The molecule has 0 spiro atoms. The van der Waals surface area contributed by atoms with Crippen molar-refractivity contribution in [1.29, 1.82) is 0 Å². The van der Waals surface area contributed by atoms with Gasteiger partial charge in [0.25, 0.3) is 0 Å². The Balaban J connectivity index is 2.14. The van der Waals surface area contributed by atoms with Crippen molar-refractivity contribution in [2.75, 3.05) is 0 Å². The molecule has 2 nitrogen and oxygen atoms in total. The Kier molecular flexibility index (Phi) is 2.86. The van der Waals surface area contributed by atoms with Crippen LogP contribution in [-0.4, -0.2) is 4.98 Å². The predicted octanol–water partition coefficient (Wildman–Crippen LogP) is 3.65.